The van der Waals surface area contributed by atoms with Crippen LogP contribution >= 0.6 is 0 Å². The summed E-state index contributed by atoms with van der Waals surface area (Å²) in [6.45, 7) is 10.3. The lowest BCUT2D eigenvalue weighted by molar-refractivity contribution is 0.476. The molecule has 110 valence electrons. The van der Waals surface area contributed by atoms with Gasteiger partial charge in [-0.25, -0.2) is 0 Å². The van der Waals surface area contributed by atoms with Gasteiger partial charge in [0, 0.05) is 0 Å². The zero-order valence-electron chi connectivity index (χ0n) is 13.3. The van der Waals surface area contributed by atoms with Crippen LogP contribution in [0.5, 0.6) is 5.75 Å². The van der Waals surface area contributed by atoms with Gasteiger partial charge in [0.05, 0.1) is 5.69 Å². The maximum atomic E-state index is 9.92. The van der Waals surface area contributed by atoms with Crippen LogP contribution in [-0.2, 0) is 0 Å². The van der Waals surface area contributed by atoms with Gasteiger partial charge in [0.2, 0.25) is 0 Å². The maximum absolute atomic E-state index is 9.92. The van der Waals surface area contributed by atoms with Gasteiger partial charge in [-0.3, -0.25) is 0 Å². The van der Waals surface area contributed by atoms with Crippen LogP contribution in [0.15, 0.2) is 40.6 Å². The smallest absolute Gasteiger partial charge is 0.143 e. The predicted molar refractivity (Wildman–Crippen MR) is 87.0 cm³/mol. The molecule has 0 aliphatic carbocycles. The van der Waals surface area contributed by atoms with Crippen LogP contribution < -0.4 is 0 Å². The number of phenols is 1. The summed E-state index contributed by atoms with van der Waals surface area (Å²) in [4.78, 5) is 0. The number of aromatic hydroxyl groups is 1. The molecular weight excluding hydrogens is 260 g/mol. The molecule has 3 heteroatoms. The monoisotopic (exact) mass is 282 g/mol. The lowest BCUT2D eigenvalue weighted by atomic mass is 10.0. The molecule has 21 heavy (non-hydrogen) atoms. The lowest BCUT2D eigenvalue weighted by Crippen LogP contribution is -1.86. The van der Waals surface area contributed by atoms with E-state index in [9.17, 15) is 5.11 Å². The van der Waals surface area contributed by atoms with Crippen molar-refractivity contribution in [1.29, 1.82) is 0 Å². The first-order valence-corrected chi connectivity index (χ1v) is 7.21. The van der Waals surface area contributed by atoms with Crippen LogP contribution in [0.4, 0.5) is 11.4 Å². The summed E-state index contributed by atoms with van der Waals surface area (Å²) in [5, 5.41) is 18.5. The first-order chi connectivity index (χ1) is 9.88. The zero-order chi connectivity index (χ0) is 15.6. The summed E-state index contributed by atoms with van der Waals surface area (Å²) in [6.07, 6.45) is 0. The van der Waals surface area contributed by atoms with Crippen molar-refractivity contribution >= 4 is 11.4 Å². The van der Waals surface area contributed by atoms with Crippen LogP contribution in [0.1, 0.15) is 42.0 Å². The van der Waals surface area contributed by atoms with Crippen LogP contribution in [-0.4, -0.2) is 5.11 Å². The van der Waals surface area contributed by atoms with Gasteiger partial charge in [0.1, 0.15) is 11.4 Å². The third-order valence-electron chi connectivity index (χ3n) is 3.56. The fourth-order valence-electron chi connectivity index (χ4n) is 2.41. The van der Waals surface area contributed by atoms with Crippen LogP contribution in [0.3, 0.4) is 0 Å². The van der Waals surface area contributed by atoms with Crippen molar-refractivity contribution < 1.29 is 5.11 Å². The lowest BCUT2D eigenvalue weighted by Gasteiger charge is -2.08. The van der Waals surface area contributed by atoms with Gasteiger partial charge in [-0.2, -0.15) is 0 Å². The van der Waals surface area contributed by atoms with Crippen molar-refractivity contribution in [1.82, 2.24) is 0 Å². The van der Waals surface area contributed by atoms with Crippen molar-refractivity contribution in [2.24, 2.45) is 10.2 Å². The molecule has 0 fully saturated rings. The molecule has 3 nitrogen and oxygen atoms in total. The first-order valence-electron chi connectivity index (χ1n) is 7.21. The molecule has 0 saturated carbocycles. The van der Waals surface area contributed by atoms with Gasteiger partial charge < -0.3 is 5.11 Å². The highest BCUT2D eigenvalue weighted by Crippen LogP contribution is 2.33. The third kappa shape index (κ3) is 3.48. The molecule has 0 aliphatic heterocycles. The van der Waals surface area contributed by atoms with Gasteiger partial charge in [-0.1, -0.05) is 37.6 Å². The molecule has 0 amide bonds. The van der Waals surface area contributed by atoms with Crippen LogP contribution in [0.25, 0.3) is 0 Å². The minimum atomic E-state index is 0.158. The standard InChI is InChI=1S/C18H22N2O/c1-11(2)15-6-7-17(21)16(10-15)19-20-18-13(4)8-12(3)9-14(18)5/h6-11,21H,1-5H3. The molecular formula is C18H22N2O. The molecule has 0 aromatic heterocycles. The van der Waals surface area contributed by atoms with E-state index in [1.54, 1.807) is 6.07 Å². The van der Waals surface area contributed by atoms with Gasteiger partial charge in [-0.15, -0.1) is 10.2 Å². The normalized spacial score (nSPS) is 11.5. The number of hydrogen-bond donors (Lipinski definition) is 1. The first kappa shape index (κ1) is 15.2. The topological polar surface area (TPSA) is 45.0 Å². The second kappa shape index (κ2) is 6.08. The summed E-state index contributed by atoms with van der Waals surface area (Å²) in [5.74, 6) is 0.549. The Bertz CT molecular complexity index is 665. The quantitative estimate of drug-likeness (QED) is 0.704. The minimum absolute atomic E-state index is 0.158. The Kier molecular flexibility index (Phi) is 4.41. The van der Waals surface area contributed by atoms with Crippen LogP contribution in [0, 0.1) is 20.8 Å². The Morgan fingerprint density at radius 2 is 1.52 bits per heavy atom. The summed E-state index contributed by atoms with van der Waals surface area (Å²) in [5.41, 5.74) is 5.93. The molecule has 0 aliphatic rings. The molecule has 0 heterocycles. The van der Waals surface area contributed by atoms with E-state index >= 15 is 0 Å². The number of phenolic OH excluding ortho intramolecular Hbond substituents is 1. The van der Waals surface area contributed by atoms with E-state index in [0.29, 0.717) is 11.6 Å². The van der Waals surface area contributed by atoms with E-state index in [4.69, 9.17) is 0 Å². The molecule has 2 aromatic rings. The van der Waals surface area contributed by atoms with Crippen molar-refractivity contribution in [2.45, 2.75) is 40.5 Å². The van der Waals surface area contributed by atoms with E-state index in [0.717, 1.165) is 22.4 Å². The Hall–Kier alpha value is -2.16. The minimum Gasteiger partial charge on any atom is -0.506 e. The molecule has 0 unspecified atom stereocenters. The second-order valence-electron chi connectivity index (χ2n) is 5.85. The van der Waals surface area contributed by atoms with E-state index in [1.807, 2.05) is 26.0 Å². The highest BCUT2D eigenvalue weighted by atomic mass is 16.3. The Morgan fingerprint density at radius 3 is 2.10 bits per heavy atom. The van der Waals surface area contributed by atoms with Gasteiger partial charge in [0.25, 0.3) is 0 Å². The molecule has 0 spiro atoms. The summed E-state index contributed by atoms with van der Waals surface area (Å²) in [7, 11) is 0. The number of benzene rings is 2. The average Bonchev–Trinajstić information content (AvgIpc) is 2.39. The maximum Gasteiger partial charge on any atom is 0.143 e. The summed E-state index contributed by atoms with van der Waals surface area (Å²) >= 11 is 0. The number of nitrogens with zero attached hydrogens (tertiary/aromatic N) is 2. The van der Waals surface area contributed by atoms with E-state index < -0.39 is 0 Å². The molecule has 1 N–H and O–H groups in total. The summed E-state index contributed by atoms with van der Waals surface area (Å²) in [6, 6.07) is 9.67. The van der Waals surface area contributed by atoms with E-state index in [-0.39, 0.29) is 5.75 Å². The number of hydrogen-bond acceptors (Lipinski definition) is 3. The van der Waals surface area contributed by atoms with Gasteiger partial charge in [0.15, 0.2) is 0 Å². The molecule has 0 atom stereocenters. The van der Waals surface area contributed by atoms with Crippen molar-refractivity contribution in [3.63, 3.8) is 0 Å². The highest BCUT2D eigenvalue weighted by molar-refractivity contribution is 5.56. The number of azo groups is 1. The van der Waals surface area contributed by atoms with E-state index in [2.05, 4.69) is 43.1 Å². The zero-order valence-corrected chi connectivity index (χ0v) is 13.3. The summed E-state index contributed by atoms with van der Waals surface area (Å²) < 4.78 is 0. The Labute approximate surface area is 126 Å². The Morgan fingerprint density at radius 1 is 0.905 bits per heavy atom. The van der Waals surface area contributed by atoms with Crippen molar-refractivity contribution in [3.05, 3.63) is 52.6 Å². The molecule has 0 saturated heterocycles. The SMILES string of the molecule is Cc1cc(C)c(N=Nc2cc(C(C)C)ccc2O)c(C)c1. The van der Waals surface area contributed by atoms with Crippen LogP contribution in [0.2, 0.25) is 0 Å². The molecule has 0 radical (unpaired) electrons. The molecule has 2 rings (SSSR count). The predicted octanol–water partition coefficient (Wildman–Crippen LogP) is 5.86. The van der Waals surface area contributed by atoms with Crippen molar-refractivity contribution in [3.8, 4) is 5.75 Å². The number of aryl methyl sites for hydroxylation is 3. The van der Waals surface area contributed by atoms with Gasteiger partial charge >= 0.3 is 0 Å². The van der Waals surface area contributed by atoms with Crippen molar-refractivity contribution in [2.75, 3.05) is 0 Å². The third-order valence-corrected chi connectivity index (χ3v) is 3.56. The second-order valence-corrected chi connectivity index (χ2v) is 5.85. The largest absolute Gasteiger partial charge is 0.506 e. The Balaban J connectivity index is 2.40. The average molecular weight is 282 g/mol. The van der Waals surface area contributed by atoms with Gasteiger partial charge in [-0.05, 0) is 55.5 Å². The van der Waals surface area contributed by atoms with E-state index in [1.165, 1.54) is 5.56 Å². The number of rotatable bonds is 3. The molecule has 0 bridgehead atoms. The highest BCUT2D eigenvalue weighted by Gasteiger charge is 2.06. The fourth-order valence-corrected chi connectivity index (χ4v) is 2.41. The fraction of sp³-hybridized carbons (Fsp3) is 0.333. The molecule has 2 aromatic carbocycles.